The molecular formula is C25H23F3N2O3. The number of hydrogen-bond acceptors (Lipinski definition) is 4. The van der Waals surface area contributed by atoms with Crippen molar-refractivity contribution in [3.63, 3.8) is 0 Å². The Bertz CT molecular complexity index is 1200. The molecule has 0 bridgehead atoms. The number of nitrogens with zero attached hydrogens (tertiary/aromatic N) is 1. The standard InChI is InChI=1S/C25H23F3N2O3/c1-16(24(32)11-13-29-14-12-24)30-23(31)18-5-10-21-17(15-18)3-2-4-22(21)33-20-8-6-19(7-9-20)25(26,27)28/h2-10,15,29,32H,11-14H2,1H3/b30-16+. The lowest BCUT2D eigenvalue weighted by Crippen LogP contribution is -2.47. The fraction of sp³-hybridized carbons (Fsp3) is 0.280. The summed E-state index contributed by atoms with van der Waals surface area (Å²) in [5.74, 6) is 0.275. The molecule has 4 rings (SSSR count). The van der Waals surface area contributed by atoms with Crippen LogP contribution in [-0.2, 0) is 6.18 Å². The van der Waals surface area contributed by atoms with Crippen LogP contribution in [0.3, 0.4) is 0 Å². The van der Waals surface area contributed by atoms with Crippen LogP contribution in [0.15, 0.2) is 65.7 Å². The predicted molar refractivity (Wildman–Crippen MR) is 120 cm³/mol. The second-order valence-electron chi connectivity index (χ2n) is 8.10. The number of fused-ring (bicyclic) bond motifs is 1. The van der Waals surface area contributed by atoms with Crippen LogP contribution < -0.4 is 10.1 Å². The van der Waals surface area contributed by atoms with Gasteiger partial charge in [0, 0.05) is 10.9 Å². The van der Waals surface area contributed by atoms with Crippen molar-refractivity contribution in [3.05, 3.63) is 71.8 Å². The van der Waals surface area contributed by atoms with Gasteiger partial charge in [-0.2, -0.15) is 13.2 Å². The van der Waals surface area contributed by atoms with E-state index in [9.17, 15) is 23.1 Å². The van der Waals surface area contributed by atoms with Crippen LogP contribution >= 0.6 is 0 Å². The van der Waals surface area contributed by atoms with Crippen molar-refractivity contribution in [1.82, 2.24) is 5.32 Å². The van der Waals surface area contributed by atoms with Crippen LogP contribution in [0.5, 0.6) is 11.5 Å². The van der Waals surface area contributed by atoms with E-state index in [2.05, 4.69) is 10.3 Å². The molecule has 0 spiro atoms. The van der Waals surface area contributed by atoms with E-state index in [-0.39, 0.29) is 5.75 Å². The van der Waals surface area contributed by atoms with E-state index in [1.54, 1.807) is 37.3 Å². The molecule has 0 atom stereocenters. The van der Waals surface area contributed by atoms with Crippen molar-refractivity contribution in [2.45, 2.75) is 31.5 Å². The normalized spacial score (nSPS) is 16.6. The lowest BCUT2D eigenvalue weighted by atomic mass is 9.88. The number of benzene rings is 3. The summed E-state index contributed by atoms with van der Waals surface area (Å²) in [4.78, 5) is 16.9. The first kappa shape index (κ1) is 22.9. The number of halogens is 3. The maximum atomic E-state index is 12.8. The summed E-state index contributed by atoms with van der Waals surface area (Å²) >= 11 is 0. The number of amides is 1. The topological polar surface area (TPSA) is 70.9 Å². The average Bonchev–Trinajstić information content (AvgIpc) is 2.79. The quantitative estimate of drug-likeness (QED) is 0.518. The second kappa shape index (κ2) is 8.96. The number of alkyl halides is 3. The number of aliphatic hydroxyl groups is 1. The Morgan fingerprint density at radius 2 is 1.76 bits per heavy atom. The fourth-order valence-electron chi connectivity index (χ4n) is 3.84. The second-order valence-corrected chi connectivity index (χ2v) is 8.10. The molecule has 0 unspecified atom stereocenters. The van der Waals surface area contributed by atoms with Gasteiger partial charge < -0.3 is 15.2 Å². The van der Waals surface area contributed by atoms with Crippen molar-refractivity contribution in [3.8, 4) is 11.5 Å². The summed E-state index contributed by atoms with van der Waals surface area (Å²) in [6.07, 6.45) is -3.42. The van der Waals surface area contributed by atoms with Crippen molar-refractivity contribution in [2.24, 2.45) is 4.99 Å². The summed E-state index contributed by atoms with van der Waals surface area (Å²) in [7, 11) is 0. The maximum absolute atomic E-state index is 12.8. The predicted octanol–water partition coefficient (Wildman–Crippen LogP) is 5.37. The summed E-state index contributed by atoms with van der Waals surface area (Å²) in [5.41, 5.74) is -1.07. The molecule has 1 amide bonds. The first-order valence-electron chi connectivity index (χ1n) is 10.6. The molecule has 1 aliphatic rings. The largest absolute Gasteiger partial charge is 0.457 e. The molecule has 5 nitrogen and oxygen atoms in total. The Labute approximate surface area is 188 Å². The third-order valence-electron chi connectivity index (χ3n) is 5.87. The zero-order valence-corrected chi connectivity index (χ0v) is 17.9. The lowest BCUT2D eigenvalue weighted by Gasteiger charge is -2.32. The molecular weight excluding hydrogens is 433 g/mol. The zero-order chi connectivity index (χ0) is 23.6. The minimum atomic E-state index is -4.41. The van der Waals surface area contributed by atoms with Crippen LogP contribution in [0.1, 0.15) is 35.7 Å². The summed E-state index contributed by atoms with van der Waals surface area (Å²) in [6.45, 7) is 2.99. The third-order valence-corrected chi connectivity index (χ3v) is 5.87. The number of piperidine rings is 1. The van der Waals surface area contributed by atoms with Crippen LogP contribution in [0.25, 0.3) is 10.8 Å². The Morgan fingerprint density at radius 1 is 1.06 bits per heavy atom. The minimum absolute atomic E-state index is 0.270. The van der Waals surface area contributed by atoms with Gasteiger partial charge in [-0.25, -0.2) is 4.99 Å². The van der Waals surface area contributed by atoms with E-state index >= 15 is 0 Å². The minimum Gasteiger partial charge on any atom is -0.457 e. The summed E-state index contributed by atoms with van der Waals surface area (Å²) < 4.78 is 44.1. The van der Waals surface area contributed by atoms with E-state index < -0.39 is 23.2 Å². The molecule has 33 heavy (non-hydrogen) atoms. The number of carbonyl (C=O) groups excluding carboxylic acids is 1. The van der Waals surface area contributed by atoms with Gasteiger partial charge in [-0.1, -0.05) is 12.1 Å². The van der Waals surface area contributed by atoms with Crippen molar-refractivity contribution in [2.75, 3.05) is 13.1 Å². The van der Waals surface area contributed by atoms with Crippen LogP contribution in [0, 0.1) is 0 Å². The van der Waals surface area contributed by atoms with Gasteiger partial charge in [-0.05, 0) is 86.8 Å². The number of nitrogens with one attached hydrogen (secondary N) is 1. The van der Waals surface area contributed by atoms with E-state index in [0.717, 1.165) is 17.5 Å². The van der Waals surface area contributed by atoms with Crippen molar-refractivity contribution in [1.29, 1.82) is 0 Å². The molecule has 0 aromatic heterocycles. The molecule has 2 N–H and O–H groups in total. The highest BCUT2D eigenvalue weighted by molar-refractivity contribution is 6.07. The number of hydrogen-bond donors (Lipinski definition) is 2. The Hall–Kier alpha value is -3.23. The maximum Gasteiger partial charge on any atom is 0.416 e. The van der Waals surface area contributed by atoms with Crippen LogP contribution in [0.2, 0.25) is 0 Å². The molecule has 172 valence electrons. The van der Waals surface area contributed by atoms with Gasteiger partial charge in [-0.3, -0.25) is 4.79 Å². The molecule has 1 heterocycles. The van der Waals surface area contributed by atoms with E-state index in [0.29, 0.717) is 48.3 Å². The molecule has 0 saturated carbocycles. The molecule has 3 aromatic rings. The first-order valence-corrected chi connectivity index (χ1v) is 10.6. The lowest BCUT2D eigenvalue weighted by molar-refractivity contribution is -0.137. The smallest absolute Gasteiger partial charge is 0.416 e. The van der Waals surface area contributed by atoms with Crippen molar-refractivity contribution >= 4 is 22.4 Å². The third kappa shape index (κ3) is 5.07. The highest BCUT2D eigenvalue weighted by Gasteiger charge is 2.33. The monoisotopic (exact) mass is 456 g/mol. The van der Waals surface area contributed by atoms with Crippen LogP contribution in [0.4, 0.5) is 13.2 Å². The van der Waals surface area contributed by atoms with Gasteiger partial charge in [0.15, 0.2) is 0 Å². The average molecular weight is 456 g/mol. The van der Waals surface area contributed by atoms with Gasteiger partial charge in [0.25, 0.3) is 5.91 Å². The Kier molecular flexibility index (Phi) is 6.23. The molecule has 1 aliphatic heterocycles. The number of rotatable bonds is 4. The highest BCUT2D eigenvalue weighted by atomic mass is 19.4. The molecule has 0 radical (unpaired) electrons. The highest BCUT2D eigenvalue weighted by Crippen LogP contribution is 2.34. The first-order chi connectivity index (χ1) is 15.7. The van der Waals surface area contributed by atoms with Crippen molar-refractivity contribution < 1.29 is 27.8 Å². The molecule has 0 aliphatic carbocycles. The Balaban J connectivity index is 1.57. The van der Waals surface area contributed by atoms with Gasteiger partial charge in [0.05, 0.1) is 11.3 Å². The van der Waals surface area contributed by atoms with E-state index in [1.165, 1.54) is 12.1 Å². The van der Waals surface area contributed by atoms with Gasteiger partial charge in [0.1, 0.15) is 17.1 Å². The number of ether oxygens (including phenoxy) is 1. The SMILES string of the molecule is C/C(=N\C(=O)c1ccc2c(Oc3ccc(C(F)(F)F)cc3)cccc2c1)C1(O)CCNCC1. The molecule has 8 heteroatoms. The number of aliphatic imine (C=N–C) groups is 1. The molecule has 3 aromatic carbocycles. The van der Waals surface area contributed by atoms with E-state index in [1.807, 2.05) is 6.07 Å². The summed E-state index contributed by atoms with van der Waals surface area (Å²) in [6, 6.07) is 14.7. The van der Waals surface area contributed by atoms with Crippen LogP contribution in [-0.4, -0.2) is 35.4 Å². The van der Waals surface area contributed by atoms with Gasteiger partial charge in [-0.15, -0.1) is 0 Å². The molecule has 1 saturated heterocycles. The number of carbonyl (C=O) groups is 1. The Morgan fingerprint density at radius 3 is 2.42 bits per heavy atom. The van der Waals surface area contributed by atoms with Gasteiger partial charge >= 0.3 is 6.18 Å². The molecule has 1 fully saturated rings. The summed E-state index contributed by atoms with van der Waals surface area (Å²) in [5, 5.41) is 15.3. The fourth-order valence-corrected chi connectivity index (χ4v) is 3.84. The van der Waals surface area contributed by atoms with E-state index in [4.69, 9.17) is 4.74 Å². The zero-order valence-electron chi connectivity index (χ0n) is 17.9. The van der Waals surface area contributed by atoms with Gasteiger partial charge in [0.2, 0.25) is 0 Å².